The van der Waals surface area contributed by atoms with Crippen molar-refractivity contribution in [2.75, 3.05) is 13.4 Å². The van der Waals surface area contributed by atoms with Gasteiger partial charge in [0, 0.05) is 5.02 Å². The van der Waals surface area contributed by atoms with Crippen molar-refractivity contribution in [1.82, 2.24) is 4.90 Å². The summed E-state index contributed by atoms with van der Waals surface area (Å²) in [6.45, 7) is 0.0755. The fourth-order valence-electron chi connectivity index (χ4n) is 2.59. The number of imide groups is 1. The van der Waals surface area contributed by atoms with Crippen LogP contribution in [0.1, 0.15) is 11.1 Å². The molecule has 152 valence electrons. The lowest BCUT2D eigenvalue weighted by molar-refractivity contribution is -0.123. The molecule has 0 spiro atoms. The Morgan fingerprint density at radius 3 is 2.52 bits per heavy atom. The molecule has 1 heterocycles. The van der Waals surface area contributed by atoms with Crippen LogP contribution in [0.2, 0.25) is 5.02 Å². The van der Waals surface area contributed by atoms with Gasteiger partial charge in [-0.3, -0.25) is 14.5 Å². The molecule has 10 heteroatoms. The summed E-state index contributed by atoms with van der Waals surface area (Å²) in [5.41, 5.74) is 1.22. The number of rotatable bonds is 6. The Morgan fingerprint density at radius 2 is 1.86 bits per heavy atom. The van der Waals surface area contributed by atoms with E-state index in [1.54, 1.807) is 30.3 Å². The van der Waals surface area contributed by atoms with Gasteiger partial charge in [-0.1, -0.05) is 35.9 Å². The molecule has 0 aliphatic carbocycles. The zero-order chi connectivity index (χ0) is 21.2. The first-order valence-electron chi connectivity index (χ1n) is 8.24. The van der Waals surface area contributed by atoms with E-state index in [1.807, 2.05) is 0 Å². The number of hydrogen-bond acceptors (Lipinski definition) is 7. The van der Waals surface area contributed by atoms with E-state index in [0.717, 1.165) is 22.9 Å². The topological polar surface area (TPSA) is 90.0 Å². The van der Waals surface area contributed by atoms with E-state index in [-0.39, 0.29) is 22.9 Å². The van der Waals surface area contributed by atoms with E-state index >= 15 is 0 Å². The van der Waals surface area contributed by atoms with E-state index in [4.69, 9.17) is 20.5 Å². The fraction of sp³-hybridized carbons (Fsp3) is 0.158. The van der Waals surface area contributed by atoms with Crippen LogP contribution in [0.25, 0.3) is 6.08 Å². The van der Waals surface area contributed by atoms with Crippen LogP contribution in [0.3, 0.4) is 0 Å². The van der Waals surface area contributed by atoms with Crippen molar-refractivity contribution in [3.63, 3.8) is 0 Å². The first-order valence-corrected chi connectivity index (χ1v) is 11.3. The lowest BCUT2D eigenvalue weighted by Gasteiger charge is -2.13. The average molecular weight is 454 g/mol. The summed E-state index contributed by atoms with van der Waals surface area (Å²) >= 11 is 6.94. The lowest BCUT2D eigenvalue weighted by atomic mass is 10.1. The van der Waals surface area contributed by atoms with Crippen molar-refractivity contribution in [3.8, 4) is 11.5 Å². The number of hydrogen-bond donors (Lipinski definition) is 0. The second kappa shape index (κ2) is 8.48. The third kappa shape index (κ3) is 5.11. The highest BCUT2D eigenvalue weighted by atomic mass is 35.5. The van der Waals surface area contributed by atoms with Crippen LogP contribution < -0.4 is 8.92 Å². The van der Waals surface area contributed by atoms with Crippen molar-refractivity contribution in [2.24, 2.45) is 0 Å². The van der Waals surface area contributed by atoms with E-state index in [1.165, 1.54) is 25.3 Å². The quantitative estimate of drug-likeness (QED) is 0.483. The zero-order valence-corrected chi connectivity index (χ0v) is 17.8. The predicted octanol–water partition coefficient (Wildman–Crippen LogP) is 3.92. The zero-order valence-electron chi connectivity index (χ0n) is 15.4. The standard InChI is InChI=1S/C19H16ClNO6S2/c1-26-16-9-12(7-8-15(16)27-29(2,24)25)10-17-18(22)21(19(23)28-17)11-13-5-3-4-6-14(13)20/h3-10H,11H2,1-2H3/b17-10-. The molecule has 0 aromatic heterocycles. The van der Waals surface area contributed by atoms with Crippen LogP contribution in [0, 0.1) is 0 Å². The van der Waals surface area contributed by atoms with Gasteiger partial charge in [-0.15, -0.1) is 0 Å². The Labute approximate surface area is 177 Å². The molecule has 1 fully saturated rings. The number of methoxy groups -OCH3 is 1. The van der Waals surface area contributed by atoms with E-state index in [9.17, 15) is 18.0 Å². The monoisotopic (exact) mass is 453 g/mol. The van der Waals surface area contributed by atoms with Gasteiger partial charge < -0.3 is 8.92 Å². The molecule has 1 aliphatic heterocycles. The summed E-state index contributed by atoms with van der Waals surface area (Å²) in [5.74, 6) is -0.228. The number of carbonyl (C=O) groups excluding carboxylic acids is 2. The molecule has 0 saturated carbocycles. The number of thioether (sulfide) groups is 1. The summed E-state index contributed by atoms with van der Waals surface area (Å²) in [6.07, 6.45) is 2.46. The van der Waals surface area contributed by atoms with E-state index < -0.39 is 21.3 Å². The van der Waals surface area contributed by atoms with Crippen molar-refractivity contribution in [1.29, 1.82) is 0 Å². The van der Waals surface area contributed by atoms with E-state index in [2.05, 4.69) is 0 Å². The number of halogens is 1. The second-order valence-electron chi connectivity index (χ2n) is 6.06. The molecule has 7 nitrogen and oxygen atoms in total. The molecule has 1 saturated heterocycles. The molecule has 3 rings (SSSR count). The van der Waals surface area contributed by atoms with Crippen molar-refractivity contribution < 1.29 is 26.9 Å². The molecular weight excluding hydrogens is 438 g/mol. The Morgan fingerprint density at radius 1 is 1.14 bits per heavy atom. The van der Waals surface area contributed by atoms with Gasteiger partial charge in [0.05, 0.1) is 24.8 Å². The summed E-state index contributed by atoms with van der Waals surface area (Å²) in [6, 6.07) is 11.5. The van der Waals surface area contributed by atoms with Crippen LogP contribution in [-0.2, 0) is 21.5 Å². The first kappa shape index (κ1) is 21.2. The highest BCUT2D eigenvalue weighted by Crippen LogP contribution is 2.36. The lowest BCUT2D eigenvalue weighted by Crippen LogP contribution is -2.27. The van der Waals surface area contributed by atoms with Gasteiger partial charge in [0.25, 0.3) is 11.1 Å². The van der Waals surface area contributed by atoms with Crippen LogP contribution in [0.4, 0.5) is 4.79 Å². The number of benzene rings is 2. The Bertz CT molecular complexity index is 1110. The van der Waals surface area contributed by atoms with Crippen molar-refractivity contribution >= 4 is 50.7 Å². The van der Waals surface area contributed by atoms with Crippen molar-refractivity contribution in [3.05, 3.63) is 63.5 Å². The molecule has 1 aliphatic rings. The highest BCUT2D eigenvalue weighted by Gasteiger charge is 2.35. The van der Waals surface area contributed by atoms with Crippen molar-refractivity contribution in [2.45, 2.75) is 6.54 Å². The summed E-state index contributed by atoms with van der Waals surface area (Å²) in [4.78, 5) is 26.3. The normalized spacial score (nSPS) is 15.8. The van der Waals surface area contributed by atoms with Gasteiger partial charge in [0.2, 0.25) is 0 Å². The smallest absolute Gasteiger partial charge is 0.306 e. The van der Waals surface area contributed by atoms with Crippen LogP contribution in [-0.4, -0.2) is 37.8 Å². The fourth-order valence-corrected chi connectivity index (χ4v) is 4.09. The molecule has 0 unspecified atom stereocenters. The molecule has 2 amide bonds. The van der Waals surface area contributed by atoms with E-state index in [0.29, 0.717) is 16.1 Å². The number of amides is 2. The number of carbonyl (C=O) groups is 2. The maximum atomic E-state index is 12.7. The Balaban J connectivity index is 1.84. The highest BCUT2D eigenvalue weighted by molar-refractivity contribution is 8.18. The SMILES string of the molecule is COc1cc(/C=C2\SC(=O)N(Cc3ccccc3Cl)C2=O)ccc1OS(C)(=O)=O. The average Bonchev–Trinajstić information content (AvgIpc) is 2.91. The maximum Gasteiger partial charge on any atom is 0.306 e. The molecule has 0 atom stereocenters. The van der Waals surface area contributed by atoms with Crippen LogP contribution in [0.5, 0.6) is 11.5 Å². The van der Waals surface area contributed by atoms with Gasteiger partial charge >= 0.3 is 10.1 Å². The van der Waals surface area contributed by atoms with Crippen LogP contribution in [0.15, 0.2) is 47.4 Å². The molecular formula is C19H16ClNO6S2. The first-order chi connectivity index (χ1) is 13.7. The second-order valence-corrected chi connectivity index (χ2v) is 9.03. The van der Waals surface area contributed by atoms with Gasteiger partial charge in [0.1, 0.15) is 0 Å². The van der Waals surface area contributed by atoms with Crippen LogP contribution >= 0.6 is 23.4 Å². The molecule has 0 radical (unpaired) electrons. The third-order valence-corrected chi connectivity index (χ3v) is 5.64. The van der Waals surface area contributed by atoms with Gasteiger partial charge in [0.15, 0.2) is 11.5 Å². The molecule has 2 aromatic carbocycles. The van der Waals surface area contributed by atoms with Gasteiger partial charge in [-0.2, -0.15) is 8.42 Å². The minimum absolute atomic E-state index is 0.0268. The molecule has 0 bridgehead atoms. The molecule has 29 heavy (non-hydrogen) atoms. The minimum Gasteiger partial charge on any atom is -0.493 e. The number of nitrogens with zero attached hydrogens (tertiary/aromatic N) is 1. The summed E-state index contributed by atoms with van der Waals surface area (Å²) in [5, 5.41) is 0.0758. The summed E-state index contributed by atoms with van der Waals surface area (Å²) < 4.78 is 32.7. The summed E-state index contributed by atoms with van der Waals surface area (Å²) in [7, 11) is -2.35. The Hall–Kier alpha value is -2.49. The maximum absolute atomic E-state index is 12.7. The number of ether oxygens (including phenoxy) is 1. The molecule has 2 aromatic rings. The third-order valence-electron chi connectivity index (χ3n) is 3.89. The largest absolute Gasteiger partial charge is 0.493 e. The predicted molar refractivity (Wildman–Crippen MR) is 111 cm³/mol. The van der Waals surface area contributed by atoms with Gasteiger partial charge in [-0.05, 0) is 47.2 Å². The molecule has 0 N–H and O–H groups in total. The minimum atomic E-state index is -3.72. The Kier molecular flexibility index (Phi) is 6.21. The van der Waals surface area contributed by atoms with Gasteiger partial charge in [-0.25, -0.2) is 0 Å².